The monoisotopic (exact) mass is 303 g/mol. The molecule has 0 spiro atoms. The minimum atomic E-state index is -1.52. The van der Waals surface area contributed by atoms with E-state index in [0.29, 0.717) is 17.1 Å². The van der Waals surface area contributed by atoms with E-state index in [0.717, 1.165) is 0 Å². The summed E-state index contributed by atoms with van der Waals surface area (Å²) in [6, 6.07) is 5.23. The first-order valence-electron chi connectivity index (χ1n) is 4.83. The summed E-state index contributed by atoms with van der Waals surface area (Å²) in [5, 5.41) is 8.95. The van der Waals surface area contributed by atoms with E-state index in [1.165, 1.54) is 14.2 Å². The molecule has 1 atom stereocenters. The van der Waals surface area contributed by atoms with Gasteiger partial charge in [-0.2, -0.15) is 0 Å². The highest BCUT2D eigenvalue weighted by Gasteiger charge is 2.32. The Morgan fingerprint density at radius 1 is 1.47 bits per heavy atom. The van der Waals surface area contributed by atoms with Crippen LogP contribution in [0, 0.1) is 0 Å². The number of para-hydroxylation sites is 1. The lowest BCUT2D eigenvalue weighted by Gasteiger charge is -2.19. The van der Waals surface area contributed by atoms with Crippen LogP contribution in [0.25, 0.3) is 0 Å². The van der Waals surface area contributed by atoms with Crippen LogP contribution in [-0.4, -0.2) is 29.7 Å². The maximum Gasteiger partial charge on any atom is 0.335 e. The first-order chi connectivity index (χ1) is 7.92. The van der Waals surface area contributed by atoms with E-state index in [4.69, 9.17) is 20.3 Å². The predicted molar refractivity (Wildman–Crippen MR) is 66.7 cm³/mol. The van der Waals surface area contributed by atoms with Crippen molar-refractivity contribution in [3.63, 3.8) is 0 Å². The van der Waals surface area contributed by atoms with Gasteiger partial charge in [0.05, 0.1) is 14.2 Å². The highest BCUT2D eigenvalue weighted by molar-refractivity contribution is 9.10. The van der Waals surface area contributed by atoms with Crippen molar-refractivity contribution in [3.05, 3.63) is 23.8 Å². The normalized spacial score (nSPS) is 13.9. The minimum Gasteiger partial charge on any atom is -0.493 e. The van der Waals surface area contributed by atoms with Gasteiger partial charge in [0.15, 0.2) is 15.9 Å². The van der Waals surface area contributed by atoms with Gasteiger partial charge in [0.2, 0.25) is 0 Å². The van der Waals surface area contributed by atoms with Gasteiger partial charge in [0.1, 0.15) is 0 Å². The van der Waals surface area contributed by atoms with Crippen LogP contribution in [0.5, 0.6) is 11.5 Å². The summed E-state index contributed by atoms with van der Waals surface area (Å²) in [4.78, 5) is 10.9. The first-order valence-corrected chi connectivity index (χ1v) is 5.62. The lowest BCUT2D eigenvalue weighted by molar-refractivity contribution is -0.139. The lowest BCUT2D eigenvalue weighted by Crippen LogP contribution is -2.43. The Kier molecular flexibility index (Phi) is 4.36. The molecule has 0 saturated heterocycles. The van der Waals surface area contributed by atoms with Crippen molar-refractivity contribution in [2.45, 2.75) is 10.9 Å². The number of carbonyl (C=O) groups is 1. The third-order valence-electron chi connectivity index (χ3n) is 2.29. The number of hydrogen-bond donors (Lipinski definition) is 2. The van der Waals surface area contributed by atoms with Gasteiger partial charge in [0, 0.05) is 12.0 Å². The van der Waals surface area contributed by atoms with Gasteiger partial charge in [-0.25, -0.2) is 4.79 Å². The molecule has 0 aliphatic carbocycles. The minimum absolute atomic E-state index is 0.0860. The summed E-state index contributed by atoms with van der Waals surface area (Å²) < 4.78 is 8.80. The van der Waals surface area contributed by atoms with Gasteiger partial charge >= 0.3 is 5.97 Å². The Balaban J connectivity index is 3.10. The smallest absolute Gasteiger partial charge is 0.335 e. The summed E-state index contributed by atoms with van der Waals surface area (Å²) in [6.45, 7) is 0. The number of nitrogens with two attached hydrogens (primary N) is 1. The number of carboxylic acid groups (broad SMARTS) is 1. The number of carboxylic acids is 1. The SMILES string of the molecule is COc1cccc(CC(N)(Br)C(=O)O)c1OC. The molecule has 0 aliphatic rings. The van der Waals surface area contributed by atoms with Crippen molar-refractivity contribution < 1.29 is 19.4 Å². The maximum atomic E-state index is 10.9. The number of halogens is 1. The standard InChI is InChI=1S/C11H14BrNO4/c1-16-8-5-3-4-7(9(8)17-2)6-11(12,13)10(14)15/h3-5H,6,13H2,1-2H3,(H,14,15). The number of ether oxygens (including phenoxy) is 2. The fourth-order valence-corrected chi connectivity index (χ4v) is 1.75. The van der Waals surface area contributed by atoms with Gasteiger partial charge in [-0.3, -0.25) is 0 Å². The third-order valence-corrected chi connectivity index (χ3v) is 2.91. The molecule has 3 N–H and O–H groups in total. The molecule has 0 aliphatic heterocycles. The third kappa shape index (κ3) is 3.10. The first kappa shape index (κ1) is 13.8. The topological polar surface area (TPSA) is 81.8 Å². The van der Waals surface area contributed by atoms with Crippen LogP contribution < -0.4 is 15.2 Å². The molecule has 6 heteroatoms. The van der Waals surface area contributed by atoms with E-state index < -0.39 is 10.4 Å². The van der Waals surface area contributed by atoms with Crippen LogP contribution in [0.4, 0.5) is 0 Å². The molecule has 1 aromatic carbocycles. The predicted octanol–water partition coefficient (Wildman–Crippen LogP) is 1.38. The van der Waals surface area contributed by atoms with Crippen LogP contribution >= 0.6 is 15.9 Å². The second-order valence-electron chi connectivity index (χ2n) is 3.50. The summed E-state index contributed by atoms with van der Waals surface area (Å²) in [6.07, 6.45) is 0.0860. The molecule has 1 rings (SSSR count). The summed E-state index contributed by atoms with van der Waals surface area (Å²) in [5.41, 5.74) is 6.29. The molecule has 0 amide bonds. The van der Waals surface area contributed by atoms with E-state index in [-0.39, 0.29) is 6.42 Å². The fraction of sp³-hybridized carbons (Fsp3) is 0.364. The second kappa shape index (κ2) is 5.37. The number of aliphatic carboxylic acids is 1. The summed E-state index contributed by atoms with van der Waals surface area (Å²) >= 11 is 2.97. The molecule has 17 heavy (non-hydrogen) atoms. The number of hydrogen-bond acceptors (Lipinski definition) is 4. The molecule has 0 saturated carbocycles. The van der Waals surface area contributed by atoms with Crippen molar-refractivity contribution in [1.82, 2.24) is 0 Å². The van der Waals surface area contributed by atoms with Crippen molar-refractivity contribution in [3.8, 4) is 11.5 Å². The van der Waals surface area contributed by atoms with Crippen molar-refractivity contribution in [1.29, 1.82) is 0 Å². The van der Waals surface area contributed by atoms with Crippen molar-refractivity contribution >= 4 is 21.9 Å². The lowest BCUT2D eigenvalue weighted by atomic mass is 10.0. The van der Waals surface area contributed by atoms with E-state index in [2.05, 4.69) is 15.9 Å². The number of alkyl halides is 1. The molecular weight excluding hydrogens is 290 g/mol. The van der Waals surface area contributed by atoms with Crippen molar-refractivity contribution in [2.24, 2.45) is 5.73 Å². The molecule has 1 unspecified atom stereocenters. The van der Waals surface area contributed by atoms with Gasteiger partial charge in [-0.05, 0) is 6.07 Å². The number of methoxy groups -OCH3 is 2. The molecule has 0 radical (unpaired) electrons. The van der Waals surface area contributed by atoms with Gasteiger partial charge in [-0.1, -0.05) is 28.1 Å². The molecule has 0 fully saturated rings. The van der Waals surface area contributed by atoms with Crippen molar-refractivity contribution in [2.75, 3.05) is 14.2 Å². The van der Waals surface area contributed by atoms with Crippen LogP contribution in [0.2, 0.25) is 0 Å². The average Bonchev–Trinajstić information content (AvgIpc) is 2.27. The number of benzene rings is 1. The van der Waals surface area contributed by atoms with Gasteiger partial charge < -0.3 is 20.3 Å². The average molecular weight is 304 g/mol. The van der Waals surface area contributed by atoms with Crippen LogP contribution in [0.3, 0.4) is 0 Å². The largest absolute Gasteiger partial charge is 0.493 e. The molecule has 1 aromatic rings. The van der Waals surface area contributed by atoms with Crippen LogP contribution in [0.1, 0.15) is 5.56 Å². The Morgan fingerprint density at radius 2 is 2.12 bits per heavy atom. The molecule has 0 heterocycles. The maximum absolute atomic E-state index is 10.9. The zero-order valence-corrected chi connectivity index (χ0v) is 11.2. The quantitative estimate of drug-likeness (QED) is 0.634. The molecule has 5 nitrogen and oxygen atoms in total. The highest BCUT2D eigenvalue weighted by atomic mass is 79.9. The zero-order chi connectivity index (χ0) is 13.1. The molecule has 94 valence electrons. The zero-order valence-electron chi connectivity index (χ0n) is 9.57. The summed E-state index contributed by atoms with van der Waals surface area (Å²) in [7, 11) is 3.01. The van der Waals surface area contributed by atoms with Crippen LogP contribution in [0.15, 0.2) is 18.2 Å². The molecule has 0 aromatic heterocycles. The summed E-state index contributed by atoms with van der Waals surface area (Å²) in [5.74, 6) is -0.105. The highest BCUT2D eigenvalue weighted by Crippen LogP contribution is 2.33. The molecular formula is C11H14BrNO4. The Morgan fingerprint density at radius 3 is 2.59 bits per heavy atom. The van der Waals surface area contributed by atoms with E-state index >= 15 is 0 Å². The molecule has 0 bridgehead atoms. The Bertz CT molecular complexity index is 420. The van der Waals surface area contributed by atoms with Gasteiger partial charge in [-0.15, -0.1) is 0 Å². The van der Waals surface area contributed by atoms with E-state index in [9.17, 15) is 4.79 Å². The van der Waals surface area contributed by atoms with Gasteiger partial charge in [0.25, 0.3) is 0 Å². The fourth-order valence-electron chi connectivity index (χ4n) is 1.45. The Hall–Kier alpha value is -1.27. The second-order valence-corrected chi connectivity index (χ2v) is 4.91. The number of rotatable bonds is 5. The van der Waals surface area contributed by atoms with Crippen LogP contribution in [-0.2, 0) is 11.2 Å². The van der Waals surface area contributed by atoms with E-state index in [1.54, 1.807) is 18.2 Å². The Labute approximate surface area is 108 Å². The van der Waals surface area contributed by atoms with E-state index in [1.807, 2.05) is 0 Å².